The van der Waals surface area contributed by atoms with E-state index in [-0.39, 0.29) is 10.9 Å². The van der Waals surface area contributed by atoms with Gasteiger partial charge in [-0.25, -0.2) is 0 Å². The van der Waals surface area contributed by atoms with E-state index < -0.39 is 0 Å². The maximum absolute atomic E-state index is 6.13. The second-order valence-electron chi connectivity index (χ2n) is 4.20. The summed E-state index contributed by atoms with van der Waals surface area (Å²) in [6, 6.07) is 5.87. The Morgan fingerprint density at radius 2 is 2.29 bits per heavy atom. The smallest absolute Gasteiger partial charge is 0.137 e. The predicted octanol–water partition coefficient (Wildman–Crippen LogP) is 4.35. The molecule has 0 aliphatic carbocycles. The maximum Gasteiger partial charge on any atom is 0.137 e. The van der Waals surface area contributed by atoms with Crippen molar-refractivity contribution >= 4 is 27.5 Å². The van der Waals surface area contributed by atoms with Crippen LogP contribution in [-0.2, 0) is 4.74 Å². The molecule has 0 N–H and O–H groups in total. The van der Waals surface area contributed by atoms with Crippen molar-refractivity contribution in [3.8, 4) is 5.75 Å². The summed E-state index contributed by atoms with van der Waals surface area (Å²) < 4.78 is 10.9. The van der Waals surface area contributed by atoms with Gasteiger partial charge in [-0.3, -0.25) is 0 Å². The minimum absolute atomic E-state index is 0.200. The molecule has 1 aliphatic rings. The zero-order chi connectivity index (χ0) is 12.3. The third-order valence-corrected chi connectivity index (χ3v) is 4.45. The van der Waals surface area contributed by atoms with Crippen LogP contribution in [0, 0.1) is 0 Å². The molecule has 2 nitrogen and oxygen atoms in total. The van der Waals surface area contributed by atoms with Crippen LogP contribution < -0.4 is 4.74 Å². The number of benzene rings is 1. The molecule has 2 unspecified atom stereocenters. The molecule has 1 saturated heterocycles. The average Bonchev–Trinajstić information content (AvgIpc) is 2.39. The number of ether oxygens (including phenoxy) is 2. The molecular formula is C13H16BrClO2. The van der Waals surface area contributed by atoms with Crippen molar-refractivity contribution in [3.05, 3.63) is 28.8 Å². The fourth-order valence-corrected chi connectivity index (χ4v) is 3.03. The summed E-state index contributed by atoms with van der Waals surface area (Å²) in [5.74, 6) is 0.708. The number of alkyl halides is 1. The number of methoxy groups -OCH3 is 1. The molecule has 1 aromatic carbocycles. The summed E-state index contributed by atoms with van der Waals surface area (Å²) in [5, 5.41) is 0.644. The van der Waals surface area contributed by atoms with Gasteiger partial charge in [-0.05, 0) is 37.0 Å². The lowest BCUT2D eigenvalue weighted by Gasteiger charge is -2.27. The minimum atomic E-state index is 0.200. The van der Waals surface area contributed by atoms with Crippen molar-refractivity contribution < 1.29 is 9.47 Å². The van der Waals surface area contributed by atoms with Gasteiger partial charge in [-0.1, -0.05) is 33.6 Å². The van der Waals surface area contributed by atoms with E-state index >= 15 is 0 Å². The van der Waals surface area contributed by atoms with Crippen LogP contribution in [0.5, 0.6) is 5.75 Å². The second-order valence-corrected chi connectivity index (χ2v) is 5.59. The summed E-state index contributed by atoms with van der Waals surface area (Å²) in [6.07, 6.45) is 3.74. The SMILES string of the molecule is COc1ccc(C(Br)C2CCCCO2)cc1Cl. The topological polar surface area (TPSA) is 18.5 Å². The van der Waals surface area contributed by atoms with Crippen molar-refractivity contribution in [2.24, 2.45) is 0 Å². The molecule has 0 spiro atoms. The van der Waals surface area contributed by atoms with Crippen LogP contribution >= 0.6 is 27.5 Å². The second kappa shape index (κ2) is 6.07. The van der Waals surface area contributed by atoms with Crippen molar-refractivity contribution in [2.75, 3.05) is 13.7 Å². The van der Waals surface area contributed by atoms with E-state index in [1.165, 1.54) is 12.8 Å². The van der Waals surface area contributed by atoms with Gasteiger partial charge in [0.15, 0.2) is 0 Å². The van der Waals surface area contributed by atoms with Crippen LogP contribution in [0.3, 0.4) is 0 Å². The Hall–Kier alpha value is -0.250. The van der Waals surface area contributed by atoms with Gasteiger partial charge in [0, 0.05) is 6.61 Å². The third kappa shape index (κ3) is 3.15. The molecule has 1 heterocycles. The first kappa shape index (κ1) is 13.2. The summed E-state index contributed by atoms with van der Waals surface area (Å²) in [5.41, 5.74) is 1.14. The molecule has 0 radical (unpaired) electrons. The molecular weight excluding hydrogens is 303 g/mol. The normalized spacial score (nSPS) is 22.2. The molecule has 2 atom stereocenters. The first-order valence-electron chi connectivity index (χ1n) is 5.81. The van der Waals surface area contributed by atoms with Gasteiger partial charge in [-0.15, -0.1) is 0 Å². The molecule has 4 heteroatoms. The molecule has 1 aliphatic heterocycles. The van der Waals surface area contributed by atoms with E-state index in [1.807, 2.05) is 18.2 Å². The van der Waals surface area contributed by atoms with Crippen molar-refractivity contribution in [3.63, 3.8) is 0 Å². The summed E-state index contributed by atoms with van der Waals surface area (Å²) in [6.45, 7) is 0.858. The molecule has 0 amide bonds. The monoisotopic (exact) mass is 318 g/mol. The summed E-state index contributed by atoms with van der Waals surface area (Å²) >= 11 is 9.83. The maximum atomic E-state index is 6.13. The average molecular weight is 320 g/mol. The fraction of sp³-hybridized carbons (Fsp3) is 0.538. The van der Waals surface area contributed by atoms with Crippen molar-refractivity contribution in [1.82, 2.24) is 0 Å². The Bertz CT molecular complexity index is 378. The summed E-state index contributed by atoms with van der Waals surface area (Å²) in [4.78, 5) is 0.200. The molecule has 2 rings (SSSR count). The van der Waals surface area contributed by atoms with E-state index in [4.69, 9.17) is 21.1 Å². The van der Waals surface area contributed by atoms with Gasteiger partial charge in [0.25, 0.3) is 0 Å². The van der Waals surface area contributed by atoms with E-state index in [0.29, 0.717) is 10.8 Å². The van der Waals surface area contributed by atoms with Gasteiger partial charge < -0.3 is 9.47 Å². The minimum Gasteiger partial charge on any atom is -0.495 e. The molecule has 0 aromatic heterocycles. The van der Waals surface area contributed by atoms with Crippen molar-refractivity contribution in [2.45, 2.75) is 30.2 Å². The number of halogens is 2. The van der Waals surface area contributed by atoms with Crippen LogP contribution in [-0.4, -0.2) is 19.8 Å². The lowest BCUT2D eigenvalue weighted by atomic mass is 10.0. The predicted molar refractivity (Wildman–Crippen MR) is 73.3 cm³/mol. The molecule has 0 saturated carbocycles. The van der Waals surface area contributed by atoms with E-state index in [9.17, 15) is 0 Å². The summed E-state index contributed by atoms with van der Waals surface area (Å²) in [7, 11) is 1.62. The Morgan fingerprint density at radius 3 is 2.88 bits per heavy atom. The van der Waals surface area contributed by atoms with E-state index in [1.54, 1.807) is 7.11 Å². The Kier molecular flexibility index (Phi) is 4.71. The van der Waals surface area contributed by atoms with E-state index in [2.05, 4.69) is 15.9 Å². The third-order valence-electron chi connectivity index (χ3n) is 3.04. The standard InChI is InChI=1S/C13H16BrClO2/c1-16-11-6-5-9(8-10(11)15)13(14)12-4-2-3-7-17-12/h5-6,8,12-13H,2-4,7H2,1H3. The highest BCUT2D eigenvalue weighted by atomic mass is 79.9. The fourth-order valence-electron chi connectivity index (χ4n) is 2.07. The zero-order valence-corrected chi connectivity index (χ0v) is 12.1. The van der Waals surface area contributed by atoms with Crippen LogP contribution in [0.25, 0.3) is 0 Å². The lowest BCUT2D eigenvalue weighted by molar-refractivity contribution is 0.0160. The highest BCUT2D eigenvalue weighted by Gasteiger charge is 2.24. The van der Waals surface area contributed by atoms with Crippen LogP contribution in [0.15, 0.2) is 18.2 Å². The van der Waals surface area contributed by atoms with Crippen LogP contribution in [0.4, 0.5) is 0 Å². The van der Waals surface area contributed by atoms with Crippen LogP contribution in [0.1, 0.15) is 29.7 Å². The van der Waals surface area contributed by atoms with Crippen molar-refractivity contribution in [1.29, 1.82) is 0 Å². The number of rotatable bonds is 3. The van der Waals surface area contributed by atoms with Crippen LogP contribution in [0.2, 0.25) is 5.02 Å². The van der Waals surface area contributed by atoms with E-state index in [0.717, 1.165) is 18.6 Å². The van der Waals surface area contributed by atoms with Gasteiger partial charge in [-0.2, -0.15) is 0 Å². The van der Waals surface area contributed by atoms with Gasteiger partial charge in [0.1, 0.15) is 5.75 Å². The molecule has 1 fully saturated rings. The highest BCUT2D eigenvalue weighted by molar-refractivity contribution is 9.09. The van der Waals surface area contributed by atoms with Gasteiger partial charge in [0.2, 0.25) is 0 Å². The number of hydrogen-bond donors (Lipinski definition) is 0. The lowest BCUT2D eigenvalue weighted by Crippen LogP contribution is -2.23. The number of hydrogen-bond acceptors (Lipinski definition) is 2. The highest BCUT2D eigenvalue weighted by Crippen LogP contribution is 2.36. The Balaban J connectivity index is 2.12. The Morgan fingerprint density at radius 1 is 1.47 bits per heavy atom. The first-order valence-corrected chi connectivity index (χ1v) is 7.11. The largest absolute Gasteiger partial charge is 0.495 e. The van der Waals surface area contributed by atoms with Gasteiger partial charge >= 0.3 is 0 Å². The van der Waals surface area contributed by atoms with Gasteiger partial charge in [0.05, 0.1) is 23.1 Å². The Labute approximate surface area is 115 Å². The molecule has 0 bridgehead atoms. The zero-order valence-electron chi connectivity index (χ0n) is 9.79. The molecule has 94 valence electrons. The molecule has 1 aromatic rings. The first-order chi connectivity index (χ1) is 8.22. The quantitative estimate of drug-likeness (QED) is 0.771. The molecule has 17 heavy (non-hydrogen) atoms.